The van der Waals surface area contributed by atoms with Crippen LogP contribution in [0.5, 0.6) is 0 Å². The number of anilines is 1. The molecule has 0 spiro atoms. The molecule has 0 bridgehead atoms. The summed E-state index contributed by atoms with van der Waals surface area (Å²) in [4.78, 5) is 15.4. The Morgan fingerprint density at radius 1 is 1.35 bits per heavy atom. The van der Waals surface area contributed by atoms with Gasteiger partial charge in [-0.25, -0.2) is 15.0 Å². The molecule has 0 aliphatic carbocycles. The largest absolute Gasteiger partial charge is 0.472 e. The molecule has 86 valence electrons. The molecule has 0 amide bonds. The van der Waals surface area contributed by atoms with Crippen molar-refractivity contribution in [1.29, 1.82) is 0 Å². The normalized spacial score (nSPS) is 12.8. The Labute approximate surface area is 97.1 Å². The average Bonchev–Trinajstić information content (AvgIpc) is 3.00. The summed E-state index contributed by atoms with van der Waals surface area (Å²) in [6.45, 7) is 2.04. The maximum atomic E-state index is 5.05. The number of imidazole rings is 1. The fourth-order valence-electron chi connectivity index (χ4n) is 1.68. The zero-order valence-corrected chi connectivity index (χ0v) is 9.21. The fraction of sp³-hybridized carbons (Fsp3) is 0.182. The van der Waals surface area contributed by atoms with Crippen molar-refractivity contribution in [2.45, 2.75) is 13.0 Å². The molecule has 6 nitrogen and oxygen atoms in total. The summed E-state index contributed by atoms with van der Waals surface area (Å²) in [5.74, 6) is 0.737. The minimum Gasteiger partial charge on any atom is -0.472 e. The Bertz CT molecular complexity index is 616. The third-order valence-electron chi connectivity index (χ3n) is 2.62. The maximum Gasteiger partial charge on any atom is 0.182 e. The number of nitrogens with zero attached hydrogens (tertiary/aromatic N) is 3. The van der Waals surface area contributed by atoms with E-state index in [1.54, 1.807) is 18.9 Å². The number of rotatable bonds is 3. The van der Waals surface area contributed by atoms with Crippen LogP contribution in [0.3, 0.4) is 0 Å². The highest BCUT2D eigenvalue weighted by Gasteiger charge is 2.11. The second kappa shape index (κ2) is 3.89. The number of H-pyrrole nitrogens is 1. The van der Waals surface area contributed by atoms with Gasteiger partial charge < -0.3 is 14.7 Å². The first-order valence-corrected chi connectivity index (χ1v) is 5.27. The van der Waals surface area contributed by atoms with E-state index < -0.39 is 0 Å². The Hall–Kier alpha value is -2.37. The predicted molar refractivity (Wildman–Crippen MR) is 62.4 cm³/mol. The van der Waals surface area contributed by atoms with Crippen molar-refractivity contribution in [2.75, 3.05) is 5.32 Å². The molecule has 6 heteroatoms. The summed E-state index contributed by atoms with van der Waals surface area (Å²) >= 11 is 0. The first-order valence-electron chi connectivity index (χ1n) is 5.27. The van der Waals surface area contributed by atoms with E-state index in [2.05, 4.69) is 25.3 Å². The zero-order valence-electron chi connectivity index (χ0n) is 9.21. The van der Waals surface area contributed by atoms with Crippen LogP contribution >= 0.6 is 0 Å². The van der Waals surface area contributed by atoms with Crippen LogP contribution < -0.4 is 5.32 Å². The molecule has 0 aliphatic rings. The molecule has 17 heavy (non-hydrogen) atoms. The van der Waals surface area contributed by atoms with Gasteiger partial charge in [-0.15, -0.1) is 0 Å². The van der Waals surface area contributed by atoms with E-state index in [4.69, 9.17) is 4.42 Å². The van der Waals surface area contributed by atoms with Crippen LogP contribution in [0.2, 0.25) is 0 Å². The standard InChI is InChI=1S/C11H11N5O/c1-7(8-2-3-17-4-8)16-11-9-10(13-5-12-9)14-6-15-11/h2-7H,1H3,(H2,12,13,14,15,16). The molecule has 3 aromatic rings. The summed E-state index contributed by atoms with van der Waals surface area (Å²) in [6.07, 6.45) is 6.46. The van der Waals surface area contributed by atoms with Crippen molar-refractivity contribution in [3.05, 3.63) is 36.8 Å². The van der Waals surface area contributed by atoms with Gasteiger partial charge in [0.25, 0.3) is 0 Å². The van der Waals surface area contributed by atoms with Crippen LogP contribution in [0.4, 0.5) is 5.82 Å². The van der Waals surface area contributed by atoms with Crippen molar-refractivity contribution < 1.29 is 4.42 Å². The lowest BCUT2D eigenvalue weighted by Gasteiger charge is -2.12. The summed E-state index contributed by atoms with van der Waals surface area (Å²) < 4.78 is 5.05. The van der Waals surface area contributed by atoms with Gasteiger partial charge in [-0.1, -0.05) is 0 Å². The smallest absolute Gasteiger partial charge is 0.182 e. The van der Waals surface area contributed by atoms with Crippen LogP contribution in [0, 0.1) is 0 Å². The molecule has 2 N–H and O–H groups in total. The van der Waals surface area contributed by atoms with E-state index in [0.29, 0.717) is 5.65 Å². The van der Waals surface area contributed by atoms with Gasteiger partial charge in [-0.05, 0) is 13.0 Å². The highest BCUT2D eigenvalue weighted by molar-refractivity contribution is 5.82. The third kappa shape index (κ3) is 1.73. The molecular formula is C11H11N5O. The number of aromatic nitrogens is 4. The lowest BCUT2D eigenvalue weighted by atomic mass is 10.2. The van der Waals surface area contributed by atoms with E-state index in [-0.39, 0.29) is 6.04 Å². The Kier molecular flexibility index (Phi) is 2.25. The summed E-state index contributed by atoms with van der Waals surface area (Å²) in [5.41, 5.74) is 2.53. The molecule has 3 aromatic heterocycles. The number of hydrogen-bond donors (Lipinski definition) is 2. The Balaban J connectivity index is 1.92. The Morgan fingerprint density at radius 3 is 3.12 bits per heavy atom. The quantitative estimate of drug-likeness (QED) is 0.719. The molecule has 0 saturated carbocycles. The van der Waals surface area contributed by atoms with E-state index >= 15 is 0 Å². The van der Waals surface area contributed by atoms with E-state index in [1.807, 2.05) is 13.0 Å². The molecule has 0 saturated heterocycles. The van der Waals surface area contributed by atoms with Gasteiger partial charge in [0, 0.05) is 5.56 Å². The van der Waals surface area contributed by atoms with Gasteiger partial charge in [0.2, 0.25) is 0 Å². The van der Waals surface area contributed by atoms with Crippen molar-refractivity contribution in [3.63, 3.8) is 0 Å². The number of nitrogens with one attached hydrogen (secondary N) is 2. The molecular weight excluding hydrogens is 218 g/mol. The van der Waals surface area contributed by atoms with Crippen LogP contribution in [0.25, 0.3) is 11.2 Å². The summed E-state index contributed by atoms with van der Waals surface area (Å²) in [5, 5.41) is 3.29. The van der Waals surface area contributed by atoms with E-state index in [0.717, 1.165) is 16.9 Å². The van der Waals surface area contributed by atoms with Gasteiger partial charge in [0.15, 0.2) is 11.5 Å². The molecule has 3 heterocycles. The summed E-state index contributed by atoms with van der Waals surface area (Å²) in [6, 6.07) is 2.03. The zero-order chi connectivity index (χ0) is 11.7. The van der Waals surface area contributed by atoms with Gasteiger partial charge in [-0.2, -0.15) is 0 Å². The number of hydrogen-bond acceptors (Lipinski definition) is 5. The predicted octanol–water partition coefficient (Wildman–Crippen LogP) is 2.12. The van der Waals surface area contributed by atoms with Crippen LogP contribution in [0.15, 0.2) is 35.7 Å². The maximum absolute atomic E-state index is 5.05. The lowest BCUT2D eigenvalue weighted by molar-refractivity contribution is 0.562. The summed E-state index contributed by atoms with van der Waals surface area (Å²) in [7, 11) is 0. The van der Waals surface area contributed by atoms with E-state index in [1.165, 1.54) is 6.33 Å². The van der Waals surface area contributed by atoms with Crippen LogP contribution in [-0.4, -0.2) is 19.9 Å². The van der Waals surface area contributed by atoms with E-state index in [9.17, 15) is 0 Å². The molecule has 0 aromatic carbocycles. The number of aromatic amines is 1. The number of furan rings is 1. The van der Waals surface area contributed by atoms with Gasteiger partial charge in [0.05, 0.1) is 24.9 Å². The second-order valence-corrected chi connectivity index (χ2v) is 3.75. The molecule has 1 unspecified atom stereocenters. The minimum atomic E-state index is 0.107. The van der Waals surface area contributed by atoms with Crippen molar-refractivity contribution in [3.8, 4) is 0 Å². The van der Waals surface area contributed by atoms with Gasteiger partial charge in [-0.3, -0.25) is 0 Å². The third-order valence-corrected chi connectivity index (χ3v) is 2.62. The van der Waals surface area contributed by atoms with Crippen molar-refractivity contribution in [2.24, 2.45) is 0 Å². The molecule has 0 aliphatic heterocycles. The molecule has 0 radical (unpaired) electrons. The second-order valence-electron chi connectivity index (χ2n) is 3.75. The van der Waals surface area contributed by atoms with Crippen LogP contribution in [0.1, 0.15) is 18.5 Å². The molecule has 3 rings (SSSR count). The monoisotopic (exact) mass is 229 g/mol. The lowest BCUT2D eigenvalue weighted by Crippen LogP contribution is -2.07. The topological polar surface area (TPSA) is 79.6 Å². The first-order chi connectivity index (χ1) is 8.34. The number of fused-ring (bicyclic) bond motifs is 1. The van der Waals surface area contributed by atoms with Gasteiger partial charge in [0.1, 0.15) is 11.8 Å². The van der Waals surface area contributed by atoms with Crippen molar-refractivity contribution >= 4 is 17.0 Å². The highest BCUT2D eigenvalue weighted by Crippen LogP contribution is 2.21. The Morgan fingerprint density at radius 2 is 2.29 bits per heavy atom. The fourth-order valence-corrected chi connectivity index (χ4v) is 1.68. The minimum absolute atomic E-state index is 0.107. The average molecular weight is 229 g/mol. The van der Waals surface area contributed by atoms with Crippen molar-refractivity contribution in [1.82, 2.24) is 19.9 Å². The highest BCUT2D eigenvalue weighted by atomic mass is 16.3. The first kappa shape index (κ1) is 9.83. The van der Waals surface area contributed by atoms with Gasteiger partial charge >= 0.3 is 0 Å². The molecule has 0 fully saturated rings. The van der Waals surface area contributed by atoms with Crippen LogP contribution in [-0.2, 0) is 0 Å². The molecule has 1 atom stereocenters. The SMILES string of the molecule is CC(Nc1ncnc2nc[nH]c12)c1ccoc1.